The van der Waals surface area contributed by atoms with E-state index in [0.717, 1.165) is 0 Å². The minimum atomic E-state index is -0.700. The lowest BCUT2D eigenvalue weighted by Gasteiger charge is -2.08. The summed E-state index contributed by atoms with van der Waals surface area (Å²) in [6.45, 7) is -0.342. The van der Waals surface area contributed by atoms with E-state index in [2.05, 4.69) is 10.9 Å². The third-order valence-corrected chi connectivity index (χ3v) is 3.64. The number of amides is 2. The highest BCUT2D eigenvalue weighted by Gasteiger charge is 2.15. The number of ether oxygens (including phenoxy) is 1. The lowest BCUT2D eigenvalue weighted by molar-refractivity contribution is -0.123. The molecule has 3 aromatic rings. The molecule has 2 aromatic carbocycles. The van der Waals surface area contributed by atoms with Gasteiger partial charge in [-0.25, -0.2) is 4.39 Å². The Morgan fingerprint density at radius 3 is 2.50 bits per heavy atom. The maximum absolute atomic E-state index is 13.8. The monoisotopic (exact) mass is 379 g/mol. The third kappa shape index (κ3) is 4.53. The number of hydrogen-bond acceptors (Lipinski definition) is 5. The summed E-state index contributed by atoms with van der Waals surface area (Å²) in [4.78, 5) is 23.8. The second-order valence-electron chi connectivity index (χ2n) is 5.57. The molecule has 0 aliphatic carbocycles. The van der Waals surface area contributed by atoms with Crippen molar-refractivity contribution >= 4 is 11.8 Å². The first kappa shape index (κ1) is 18.7. The molecule has 0 fully saturated rings. The fraction of sp³-hybridized carbons (Fsp3) is 0.0500. The zero-order valence-electron chi connectivity index (χ0n) is 14.4. The molecule has 0 atom stereocenters. The van der Waals surface area contributed by atoms with E-state index in [1.54, 1.807) is 36.4 Å². The topological polar surface area (TPSA) is 104 Å². The van der Waals surface area contributed by atoms with Gasteiger partial charge in [-0.15, -0.1) is 0 Å². The second kappa shape index (κ2) is 8.51. The highest BCUT2D eigenvalue weighted by molar-refractivity contribution is 5.93. The van der Waals surface area contributed by atoms with Crippen LogP contribution in [0.2, 0.25) is 0 Å². The first-order chi connectivity index (χ1) is 13.6. The summed E-state index contributed by atoms with van der Waals surface area (Å²) in [5.41, 5.74) is 5.06. The van der Waals surface area contributed by atoms with Crippen molar-refractivity contribution in [2.24, 2.45) is 0 Å². The maximum atomic E-state index is 13.8. The molecule has 7 nitrogen and oxygen atoms in total. The molecule has 28 heavy (non-hydrogen) atoms. The van der Waals surface area contributed by atoms with E-state index in [0.29, 0.717) is 11.3 Å². The van der Waals surface area contributed by atoms with Crippen LogP contribution in [0.25, 0.3) is 11.3 Å². The Morgan fingerprint density at radius 1 is 1.04 bits per heavy atom. The molecule has 1 heterocycles. The predicted molar refractivity (Wildman–Crippen MR) is 96.4 cm³/mol. The van der Waals surface area contributed by atoms with E-state index in [-0.39, 0.29) is 23.7 Å². The van der Waals surface area contributed by atoms with Gasteiger partial charge in [0.15, 0.2) is 12.4 Å². The maximum Gasteiger partial charge on any atom is 0.305 e. The number of halogens is 1. The summed E-state index contributed by atoms with van der Waals surface area (Å²) in [6.07, 6.45) is 0. The van der Waals surface area contributed by atoms with Crippen LogP contribution in [-0.4, -0.2) is 18.4 Å². The first-order valence-corrected chi connectivity index (χ1v) is 8.13. The summed E-state index contributed by atoms with van der Waals surface area (Å²) in [7, 11) is 0. The first-order valence-electron chi connectivity index (χ1n) is 8.13. The minimum Gasteiger partial charge on any atom is -0.484 e. The second-order valence-corrected chi connectivity index (χ2v) is 5.57. The molecule has 0 spiro atoms. The molecule has 2 N–H and O–H groups in total. The van der Waals surface area contributed by atoms with E-state index in [9.17, 15) is 14.0 Å². The number of carbonyl (C=O) groups is 2. The van der Waals surface area contributed by atoms with Crippen LogP contribution in [0.15, 0.2) is 65.1 Å². The van der Waals surface area contributed by atoms with Gasteiger partial charge in [-0.3, -0.25) is 20.4 Å². The standard InChI is InChI=1S/C20H14FN3O4/c21-16-4-2-1-3-15(16)17-9-10-18(28-17)20(26)24-23-19(25)12-27-14-7-5-13(11-22)6-8-14/h1-10H,12H2,(H,23,25)(H,24,26). The van der Waals surface area contributed by atoms with Crippen molar-refractivity contribution in [1.82, 2.24) is 10.9 Å². The molecule has 0 aliphatic heterocycles. The normalized spacial score (nSPS) is 10.0. The summed E-state index contributed by atoms with van der Waals surface area (Å²) in [6, 6.07) is 17.0. The SMILES string of the molecule is N#Cc1ccc(OCC(=O)NNC(=O)c2ccc(-c3ccccc3F)o2)cc1. The number of furan rings is 1. The van der Waals surface area contributed by atoms with Crippen LogP contribution in [0, 0.1) is 17.1 Å². The number of hydrazine groups is 1. The molecule has 140 valence electrons. The highest BCUT2D eigenvalue weighted by atomic mass is 19.1. The average molecular weight is 379 g/mol. The average Bonchev–Trinajstić information content (AvgIpc) is 3.21. The van der Waals surface area contributed by atoms with Gasteiger partial charge in [0.05, 0.1) is 17.2 Å². The molecule has 0 saturated carbocycles. The summed E-state index contributed by atoms with van der Waals surface area (Å²) < 4.78 is 24.3. The van der Waals surface area contributed by atoms with Gasteiger partial charge in [0, 0.05) is 0 Å². The van der Waals surface area contributed by atoms with Crippen molar-refractivity contribution in [3.05, 3.63) is 77.8 Å². The fourth-order valence-electron chi connectivity index (χ4n) is 2.26. The number of nitriles is 1. The molecular weight excluding hydrogens is 365 g/mol. The molecule has 0 radical (unpaired) electrons. The van der Waals surface area contributed by atoms with Crippen LogP contribution in [0.5, 0.6) is 5.75 Å². The quantitative estimate of drug-likeness (QED) is 0.664. The van der Waals surface area contributed by atoms with Crippen molar-refractivity contribution in [2.45, 2.75) is 0 Å². The van der Waals surface area contributed by atoms with Gasteiger partial charge in [-0.1, -0.05) is 12.1 Å². The Labute approximate surface area is 159 Å². The van der Waals surface area contributed by atoms with Gasteiger partial charge >= 0.3 is 5.91 Å². The van der Waals surface area contributed by atoms with E-state index in [4.69, 9.17) is 14.4 Å². The Morgan fingerprint density at radius 2 is 1.79 bits per heavy atom. The van der Waals surface area contributed by atoms with E-state index in [1.807, 2.05) is 6.07 Å². The van der Waals surface area contributed by atoms with Gasteiger partial charge < -0.3 is 9.15 Å². The van der Waals surface area contributed by atoms with Crippen LogP contribution in [-0.2, 0) is 4.79 Å². The van der Waals surface area contributed by atoms with Crippen LogP contribution in [0.3, 0.4) is 0 Å². The Bertz CT molecular complexity index is 1040. The van der Waals surface area contributed by atoms with Gasteiger partial charge in [0.25, 0.3) is 5.91 Å². The lowest BCUT2D eigenvalue weighted by Crippen LogP contribution is -2.43. The van der Waals surface area contributed by atoms with Gasteiger partial charge in [-0.2, -0.15) is 5.26 Å². The van der Waals surface area contributed by atoms with Gasteiger partial charge in [0.1, 0.15) is 17.3 Å². The number of carbonyl (C=O) groups excluding carboxylic acids is 2. The Hall–Kier alpha value is -4.12. The largest absolute Gasteiger partial charge is 0.484 e. The smallest absolute Gasteiger partial charge is 0.305 e. The molecule has 2 amide bonds. The molecule has 0 saturated heterocycles. The van der Waals surface area contributed by atoms with Crippen molar-refractivity contribution in [2.75, 3.05) is 6.61 Å². The van der Waals surface area contributed by atoms with Crippen molar-refractivity contribution in [3.63, 3.8) is 0 Å². The number of benzene rings is 2. The lowest BCUT2D eigenvalue weighted by atomic mass is 10.1. The molecule has 0 aliphatic rings. The Balaban J connectivity index is 1.50. The summed E-state index contributed by atoms with van der Waals surface area (Å²) in [5, 5.41) is 8.72. The molecule has 3 rings (SSSR count). The van der Waals surface area contributed by atoms with E-state index in [1.165, 1.54) is 24.3 Å². The molecule has 0 bridgehead atoms. The third-order valence-electron chi connectivity index (χ3n) is 3.64. The van der Waals surface area contributed by atoms with Crippen LogP contribution in [0.1, 0.15) is 16.1 Å². The zero-order chi connectivity index (χ0) is 19.9. The summed E-state index contributed by atoms with van der Waals surface area (Å²) >= 11 is 0. The number of rotatable bonds is 5. The van der Waals surface area contributed by atoms with Crippen LogP contribution < -0.4 is 15.6 Å². The van der Waals surface area contributed by atoms with E-state index >= 15 is 0 Å². The Kier molecular flexibility index (Phi) is 5.67. The van der Waals surface area contributed by atoms with Crippen LogP contribution >= 0.6 is 0 Å². The number of hydrogen-bond donors (Lipinski definition) is 2. The molecular formula is C20H14FN3O4. The molecule has 8 heteroatoms. The van der Waals surface area contributed by atoms with Crippen molar-refractivity contribution in [1.29, 1.82) is 5.26 Å². The van der Waals surface area contributed by atoms with Gasteiger partial charge in [-0.05, 0) is 48.5 Å². The fourth-order valence-corrected chi connectivity index (χ4v) is 2.26. The predicted octanol–water partition coefficient (Wildman–Crippen LogP) is 2.80. The van der Waals surface area contributed by atoms with Crippen LogP contribution in [0.4, 0.5) is 4.39 Å². The van der Waals surface area contributed by atoms with E-state index < -0.39 is 17.6 Å². The molecule has 1 aromatic heterocycles. The van der Waals surface area contributed by atoms with Gasteiger partial charge in [0.2, 0.25) is 0 Å². The number of nitrogens with zero attached hydrogens (tertiary/aromatic N) is 1. The highest BCUT2D eigenvalue weighted by Crippen LogP contribution is 2.24. The minimum absolute atomic E-state index is 0.0911. The number of nitrogens with one attached hydrogen (secondary N) is 2. The van der Waals surface area contributed by atoms with Crippen molar-refractivity contribution < 1.29 is 23.1 Å². The van der Waals surface area contributed by atoms with Crippen molar-refractivity contribution in [3.8, 4) is 23.1 Å². The zero-order valence-corrected chi connectivity index (χ0v) is 14.4. The molecule has 0 unspecified atom stereocenters. The summed E-state index contributed by atoms with van der Waals surface area (Å²) in [5.74, 6) is -1.27.